The Labute approximate surface area is 177 Å². The molecule has 3 aromatic carbocycles. The van der Waals surface area contributed by atoms with Gasteiger partial charge in [-0.05, 0) is 42.5 Å². The number of ether oxygens (including phenoxy) is 1. The molecule has 150 valence electrons. The number of rotatable bonds is 5. The Balaban J connectivity index is 1.70. The van der Waals surface area contributed by atoms with Crippen molar-refractivity contribution >= 4 is 40.1 Å². The summed E-state index contributed by atoms with van der Waals surface area (Å²) in [4.78, 5) is 24.4. The number of benzene rings is 3. The number of aromatic nitrogens is 1. The van der Waals surface area contributed by atoms with Crippen LogP contribution in [-0.4, -0.2) is 21.6 Å². The predicted molar refractivity (Wildman–Crippen MR) is 116 cm³/mol. The van der Waals surface area contributed by atoms with Crippen molar-refractivity contribution in [2.24, 2.45) is 7.05 Å². The standard InChI is InChI=1S/C23H17ClN2O4/c1-26-19(22(27)25-18-11-10-15(24)13-17(18)23(28)29)12-14-6-5-9-20(21(14)26)30-16-7-3-2-4-8-16/h2-13H,1H3,(H,25,27)(H,28,29). The number of amides is 1. The van der Waals surface area contributed by atoms with Gasteiger partial charge < -0.3 is 19.7 Å². The van der Waals surface area contributed by atoms with Gasteiger partial charge >= 0.3 is 5.97 Å². The molecule has 0 saturated heterocycles. The highest BCUT2D eigenvalue weighted by Gasteiger charge is 2.19. The van der Waals surface area contributed by atoms with Crippen molar-refractivity contribution in [1.82, 2.24) is 4.57 Å². The number of nitrogens with one attached hydrogen (secondary N) is 1. The van der Waals surface area contributed by atoms with Crippen molar-refractivity contribution in [3.8, 4) is 11.5 Å². The Kier molecular flexibility index (Phi) is 5.16. The molecule has 0 unspecified atom stereocenters. The lowest BCUT2D eigenvalue weighted by Gasteiger charge is -2.11. The molecule has 0 bridgehead atoms. The zero-order chi connectivity index (χ0) is 21.3. The number of carboxylic acids is 1. The van der Waals surface area contributed by atoms with Crippen LogP contribution in [0.4, 0.5) is 5.69 Å². The van der Waals surface area contributed by atoms with Gasteiger partial charge in [0.2, 0.25) is 0 Å². The first kappa shape index (κ1) is 19.5. The molecule has 4 aromatic rings. The van der Waals surface area contributed by atoms with Crippen LogP contribution in [-0.2, 0) is 7.05 Å². The fourth-order valence-electron chi connectivity index (χ4n) is 3.28. The largest absolute Gasteiger partial charge is 0.478 e. The molecule has 0 radical (unpaired) electrons. The number of carboxylic acid groups (broad SMARTS) is 1. The summed E-state index contributed by atoms with van der Waals surface area (Å²) in [7, 11) is 1.76. The summed E-state index contributed by atoms with van der Waals surface area (Å²) >= 11 is 5.88. The van der Waals surface area contributed by atoms with Gasteiger partial charge in [-0.15, -0.1) is 0 Å². The van der Waals surface area contributed by atoms with Crippen LogP contribution in [0.2, 0.25) is 5.02 Å². The maximum atomic E-state index is 12.9. The number of carbonyl (C=O) groups excluding carboxylic acids is 1. The molecule has 7 heteroatoms. The summed E-state index contributed by atoms with van der Waals surface area (Å²) in [6.07, 6.45) is 0. The van der Waals surface area contributed by atoms with Crippen LogP contribution >= 0.6 is 11.6 Å². The summed E-state index contributed by atoms with van der Waals surface area (Å²) in [6.45, 7) is 0. The van der Waals surface area contributed by atoms with E-state index in [0.717, 1.165) is 10.9 Å². The minimum absolute atomic E-state index is 0.0808. The zero-order valence-electron chi connectivity index (χ0n) is 15.9. The maximum absolute atomic E-state index is 12.9. The third-order valence-electron chi connectivity index (χ3n) is 4.68. The molecule has 1 amide bonds. The van der Waals surface area contributed by atoms with Crippen LogP contribution in [0.5, 0.6) is 11.5 Å². The van der Waals surface area contributed by atoms with E-state index in [1.54, 1.807) is 17.7 Å². The number of hydrogen-bond acceptors (Lipinski definition) is 3. The molecule has 30 heavy (non-hydrogen) atoms. The van der Waals surface area contributed by atoms with Crippen molar-refractivity contribution in [3.05, 3.63) is 89.1 Å². The van der Waals surface area contributed by atoms with Gasteiger partial charge in [-0.2, -0.15) is 0 Å². The number of aromatic carboxylic acids is 1. The normalized spacial score (nSPS) is 10.7. The van der Waals surface area contributed by atoms with Gasteiger partial charge in [0.25, 0.3) is 5.91 Å². The molecule has 1 aromatic heterocycles. The Hall–Kier alpha value is -3.77. The fourth-order valence-corrected chi connectivity index (χ4v) is 3.46. The summed E-state index contributed by atoms with van der Waals surface area (Å²) < 4.78 is 7.72. The topological polar surface area (TPSA) is 80.6 Å². The van der Waals surface area contributed by atoms with Crippen molar-refractivity contribution in [1.29, 1.82) is 0 Å². The van der Waals surface area contributed by atoms with E-state index < -0.39 is 11.9 Å². The van der Waals surface area contributed by atoms with Crippen LogP contribution in [0, 0.1) is 0 Å². The average Bonchev–Trinajstić information content (AvgIpc) is 3.07. The first-order valence-corrected chi connectivity index (χ1v) is 9.47. The van der Waals surface area contributed by atoms with Crippen molar-refractivity contribution in [3.63, 3.8) is 0 Å². The van der Waals surface area contributed by atoms with Crippen molar-refractivity contribution in [2.75, 3.05) is 5.32 Å². The second kappa shape index (κ2) is 7.93. The Morgan fingerprint density at radius 2 is 1.77 bits per heavy atom. The smallest absolute Gasteiger partial charge is 0.337 e. The number of hydrogen-bond donors (Lipinski definition) is 2. The minimum Gasteiger partial charge on any atom is -0.478 e. The monoisotopic (exact) mass is 420 g/mol. The van der Waals surface area contributed by atoms with Crippen LogP contribution in [0.3, 0.4) is 0 Å². The molecule has 0 aliphatic heterocycles. The lowest BCUT2D eigenvalue weighted by molar-refractivity contribution is 0.0698. The molecule has 6 nitrogen and oxygen atoms in total. The first-order chi connectivity index (χ1) is 14.4. The van der Waals surface area contributed by atoms with E-state index in [0.29, 0.717) is 17.2 Å². The van der Waals surface area contributed by atoms with E-state index in [9.17, 15) is 14.7 Å². The number of halogens is 1. The number of nitrogens with zero attached hydrogens (tertiary/aromatic N) is 1. The summed E-state index contributed by atoms with van der Waals surface area (Å²) in [5.41, 5.74) is 1.20. The van der Waals surface area contributed by atoms with Crippen LogP contribution in [0.25, 0.3) is 10.9 Å². The molecule has 0 fully saturated rings. The van der Waals surface area contributed by atoms with E-state index in [-0.39, 0.29) is 16.3 Å². The van der Waals surface area contributed by atoms with Gasteiger partial charge in [-0.1, -0.05) is 41.9 Å². The van der Waals surface area contributed by atoms with E-state index in [4.69, 9.17) is 16.3 Å². The second-order valence-electron chi connectivity index (χ2n) is 6.65. The molecule has 0 aliphatic rings. The number of fused-ring (bicyclic) bond motifs is 1. The lowest BCUT2D eigenvalue weighted by atomic mass is 10.1. The van der Waals surface area contributed by atoms with E-state index >= 15 is 0 Å². The van der Waals surface area contributed by atoms with E-state index in [1.165, 1.54) is 18.2 Å². The molecule has 4 rings (SSSR count). The fraction of sp³-hybridized carbons (Fsp3) is 0.0435. The molecular formula is C23H17ClN2O4. The highest BCUT2D eigenvalue weighted by molar-refractivity contribution is 6.31. The summed E-state index contributed by atoms with van der Waals surface area (Å²) in [5, 5.41) is 13.2. The molecule has 0 saturated carbocycles. The number of carbonyl (C=O) groups is 2. The van der Waals surface area contributed by atoms with Gasteiger partial charge in [0.05, 0.1) is 16.8 Å². The second-order valence-corrected chi connectivity index (χ2v) is 7.08. The molecule has 0 aliphatic carbocycles. The highest BCUT2D eigenvalue weighted by atomic mass is 35.5. The van der Waals surface area contributed by atoms with Crippen LogP contribution < -0.4 is 10.1 Å². The molecule has 0 spiro atoms. The molecular weight excluding hydrogens is 404 g/mol. The third kappa shape index (κ3) is 3.73. The minimum atomic E-state index is -1.18. The van der Waals surface area contributed by atoms with Gasteiger partial charge in [-0.25, -0.2) is 4.79 Å². The van der Waals surface area contributed by atoms with Gasteiger partial charge in [0.1, 0.15) is 11.4 Å². The SMILES string of the molecule is Cn1c(C(=O)Nc2ccc(Cl)cc2C(=O)O)cc2cccc(Oc3ccccc3)c21. The van der Waals surface area contributed by atoms with E-state index in [1.807, 2.05) is 48.5 Å². The van der Waals surface area contributed by atoms with Gasteiger partial charge in [-0.3, -0.25) is 4.79 Å². The summed E-state index contributed by atoms with van der Waals surface area (Å²) in [6, 6.07) is 21.0. The highest BCUT2D eigenvalue weighted by Crippen LogP contribution is 2.32. The molecule has 1 heterocycles. The Bertz CT molecular complexity index is 1270. The maximum Gasteiger partial charge on any atom is 0.337 e. The zero-order valence-corrected chi connectivity index (χ0v) is 16.7. The van der Waals surface area contributed by atoms with Gasteiger partial charge in [0.15, 0.2) is 5.75 Å². The van der Waals surface area contributed by atoms with Crippen LogP contribution in [0.15, 0.2) is 72.8 Å². The number of anilines is 1. The Morgan fingerprint density at radius 3 is 2.50 bits per heavy atom. The Morgan fingerprint density at radius 1 is 1.00 bits per heavy atom. The van der Waals surface area contributed by atoms with Crippen LogP contribution in [0.1, 0.15) is 20.8 Å². The van der Waals surface area contributed by atoms with Crippen molar-refractivity contribution in [2.45, 2.75) is 0 Å². The number of aryl methyl sites for hydroxylation is 1. The lowest BCUT2D eigenvalue weighted by Crippen LogP contribution is -2.17. The molecule has 2 N–H and O–H groups in total. The van der Waals surface area contributed by atoms with Gasteiger partial charge in [0, 0.05) is 17.5 Å². The quantitative estimate of drug-likeness (QED) is 0.442. The average molecular weight is 421 g/mol. The molecule has 0 atom stereocenters. The summed E-state index contributed by atoms with van der Waals surface area (Å²) in [5.74, 6) is -0.324. The number of para-hydroxylation sites is 2. The third-order valence-corrected chi connectivity index (χ3v) is 4.92. The first-order valence-electron chi connectivity index (χ1n) is 9.09. The van der Waals surface area contributed by atoms with Crippen molar-refractivity contribution < 1.29 is 19.4 Å². The predicted octanol–water partition coefficient (Wildman–Crippen LogP) is 5.57. The van der Waals surface area contributed by atoms with E-state index in [2.05, 4.69) is 5.32 Å².